The average molecular weight is 499 g/mol. The third-order valence-electron chi connectivity index (χ3n) is 6.70. The SMILES string of the molecule is CCOCc1ccc(-c2ccc(C(=O)Oc3ccc(C4CCC(OC)CC4)c(F)c3F)cc2)cc1F. The standard InChI is InChI=1S/C29H29F3O4/c1-3-35-17-22-9-8-21(16-25(22)30)18-4-6-20(7-5-18)29(33)36-26-15-14-24(27(31)28(26)32)19-10-12-23(34-2)13-11-19/h4-9,14-16,19,23H,3,10-13,17H2,1-2H3. The molecule has 1 fully saturated rings. The molecular formula is C29H29F3O4. The Morgan fingerprint density at radius 2 is 1.58 bits per heavy atom. The molecule has 0 aliphatic heterocycles. The maximum atomic E-state index is 14.8. The van der Waals surface area contributed by atoms with Crippen LogP contribution in [-0.4, -0.2) is 25.8 Å². The second kappa shape index (κ2) is 11.7. The van der Waals surface area contributed by atoms with Gasteiger partial charge in [-0.2, -0.15) is 4.39 Å². The Labute approximate surface area is 209 Å². The second-order valence-corrected chi connectivity index (χ2v) is 8.90. The molecule has 0 amide bonds. The number of carbonyl (C=O) groups is 1. The molecule has 0 radical (unpaired) electrons. The molecule has 3 aromatic carbocycles. The highest BCUT2D eigenvalue weighted by Gasteiger charge is 2.27. The summed E-state index contributed by atoms with van der Waals surface area (Å²) in [5.74, 6) is -3.90. The largest absolute Gasteiger partial charge is 0.420 e. The molecule has 0 aromatic heterocycles. The number of rotatable bonds is 8. The van der Waals surface area contributed by atoms with E-state index >= 15 is 0 Å². The van der Waals surface area contributed by atoms with Crippen LogP contribution in [0.3, 0.4) is 0 Å². The maximum Gasteiger partial charge on any atom is 0.343 e. The zero-order chi connectivity index (χ0) is 25.7. The van der Waals surface area contributed by atoms with Crippen molar-refractivity contribution in [3.8, 4) is 16.9 Å². The van der Waals surface area contributed by atoms with Gasteiger partial charge in [0.25, 0.3) is 0 Å². The molecule has 0 saturated heterocycles. The summed E-state index contributed by atoms with van der Waals surface area (Å²) in [5.41, 5.74) is 2.25. The van der Waals surface area contributed by atoms with Gasteiger partial charge in [-0.15, -0.1) is 0 Å². The van der Waals surface area contributed by atoms with Crippen molar-refractivity contribution in [2.75, 3.05) is 13.7 Å². The molecule has 1 aliphatic rings. The van der Waals surface area contributed by atoms with Crippen LogP contribution in [0.1, 0.15) is 60.0 Å². The lowest BCUT2D eigenvalue weighted by molar-refractivity contribution is 0.0653. The smallest absolute Gasteiger partial charge is 0.343 e. The van der Waals surface area contributed by atoms with E-state index < -0.39 is 23.4 Å². The van der Waals surface area contributed by atoms with E-state index in [1.807, 2.05) is 6.92 Å². The van der Waals surface area contributed by atoms with Gasteiger partial charge in [-0.25, -0.2) is 13.6 Å². The van der Waals surface area contributed by atoms with Crippen LogP contribution in [0.2, 0.25) is 0 Å². The summed E-state index contributed by atoms with van der Waals surface area (Å²) < 4.78 is 59.6. The normalized spacial score (nSPS) is 17.7. The molecule has 7 heteroatoms. The summed E-state index contributed by atoms with van der Waals surface area (Å²) in [7, 11) is 1.66. The van der Waals surface area contributed by atoms with E-state index in [2.05, 4.69) is 0 Å². The zero-order valence-corrected chi connectivity index (χ0v) is 20.4. The summed E-state index contributed by atoms with van der Waals surface area (Å²) in [6.07, 6.45) is 3.15. The van der Waals surface area contributed by atoms with Gasteiger partial charge in [-0.05, 0) is 79.5 Å². The Hall–Kier alpha value is -3.16. The Balaban J connectivity index is 1.44. The van der Waals surface area contributed by atoms with Gasteiger partial charge >= 0.3 is 5.97 Å². The fourth-order valence-electron chi connectivity index (χ4n) is 4.56. The average Bonchev–Trinajstić information content (AvgIpc) is 2.91. The van der Waals surface area contributed by atoms with E-state index in [1.165, 1.54) is 30.3 Å². The molecule has 0 N–H and O–H groups in total. The lowest BCUT2D eigenvalue weighted by Crippen LogP contribution is -2.20. The first-order valence-corrected chi connectivity index (χ1v) is 12.1. The van der Waals surface area contributed by atoms with Crippen molar-refractivity contribution in [3.63, 3.8) is 0 Å². The molecule has 1 saturated carbocycles. The number of hydrogen-bond acceptors (Lipinski definition) is 4. The van der Waals surface area contributed by atoms with E-state index in [0.717, 1.165) is 12.8 Å². The number of hydrogen-bond donors (Lipinski definition) is 0. The van der Waals surface area contributed by atoms with E-state index in [1.54, 1.807) is 31.4 Å². The van der Waals surface area contributed by atoms with Gasteiger partial charge in [0.15, 0.2) is 11.6 Å². The van der Waals surface area contributed by atoms with Gasteiger partial charge in [0.2, 0.25) is 5.82 Å². The molecule has 190 valence electrons. The lowest BCUT2D eigenvalue weighted by atomic mass is 9.82. The van der Waals surface area contributed by atoms with Crippen molar-refractivity contribution < 1.29 is 32.2 Å². The number of ether oxygens (including phenoxy) is 3. The van der Waals surface area contributed by atoms with Gasteiger partial charge in [-0.3, -0.25) is 0 Å². The van der Waals surface area contributed by atoms with Crippen molar-refractivity contribution in [1.82, 2.24) is 0 Å². The summed E-state index contributed by atoms with van der Waals surface area (Å²) in [6.45, 7) is 2.53. The summed E-state index contributed by atoms with van der Waals surface area (Å²) >= 11 is 0. The van der Waals surface area contributed by atoms with Gasteiger partial charge in [0.1, 0.15) is 5.82 Å². The summed E-state index contributed by atoms with van der Waals surface area (Å²) in [4.78, 5) is 12.6. The third kappa shape index (κ3) is 5.79. The van der Waals surface area contributed by atoms with Gasteiger partial charge in [0.05, 0.1) is 18.3 Å². The van der Waals surface area contributed by atoms with E-state index in [0.29, 0.717) is 41.7 Å². The Kier molecular flexibility index (Phi) is 8.44. The fourth-order valence-corrected chi connectivity index (χ4v) is 4.56. The van der Waals surface area contributed by atoms with Crippen molar-refractivity contribution in [2.45, 2.75) is 51.2 Å². The van der Waals surface area contributed by atoms with Gasteiger partial charge in [-0.1, -0.05) is 30.3 Å². The third-order valence-corrected chi connectivity index (χ3v) is 6.70. The molecule has 1 aliphatic carbocycles. The first-order valence-electron chi connectivity index (χ1n) is 12.1. The molecule has 4 rings (SSSR count). The minimum absolute atomic E-state index is 0.0960. The molecule has 0 spiro atoms. The fraction of sp³-hybridized carbons (Fsp3) is 0.345. The first-order chi connectivity index (χ1) is 17.4. The second-order valence-electron chi connectivity index (χ2n) is 8.90. The Morgan fingerprint density at radius 3 is 2.22 bits per heavy atom. The molecule has 0 atom stereocenters. The predicted molar refractivity (Wildman–Crippen MR) is 130 cm³/mol. The molecule has 3 aromatic rings. The van der Waals surface area contributed by atoms with Crippen molar-refractivity contribution in [1.29, 1.82) is 0 Å². The Bertz CT molecular complexity index is 1200. The highest BCUT2D eigenvalue weighted by molar-refractivity contribution is 5.91. The van der Waals surface area contributed by atoms with Crippen molar-refractivity contribution in [3.05, 3.63) is 88.7 Å². The number of halogens is 3. The van der Waals surface area contributed by atoms with Crippen molar-refractivity contribution in [2.24, 2.45) is 0 Å². The minimum Gasteiger partial charge on any atom is -0.420 e. The number of carbonyl (C=O) groups excluding carboxylic acids is 1. The highest BCUT2D eigenvalue weighted by atomic mass is 19.2. The first kappa shape index (κ1) is 25.9. The van der Waals surface area contributed by atoms with Crippen LogP contribution >= 0.6 is 0 Å². The van der Waals surface area contributed by atoms with E-state index in [-0.39, 0.29) is 30.0 Å². The molecule has 0 heterocycles. The molecular weight excluding hydrogens is 469 g/mol. The van der Waals surface area contributed by atoms with E-state index in [9.17, 15) is 18.0 Å². The molecule has 36 heavy (non-hydrogen) atoms. The van der Waals surface area contributed by atoms with Crippen LogP contribution in [-0.2, 0) is 16.1 Å². The van der Waals surface area contributed by atoms with Crippen molar-refractivity contribution >= 4 is 5.97 Å². The highest BCUT2D eigenvalue weighted by Crippen LogP contribution is 2.37. The lowest BCUT2D eigenvalue weighted by Gasteiger charge is -2.28. The van der Waals surface area contributed by atoms with Gasteiger partial charge in [0, 0.05) is 19.3 Å². The molecule has 0 unspecified atom stereocenters. The number of esters is 1. The van der Waals surface area contributed by atoms with Gasteiger partial charge < -0.3 is 14.2 Å². The van der Waals surface area contributed by atoms with Crippen LogP contribution in [0, 0.1) is 17.5 Å². The van der Waals surface area contributed by atoms with Crippen LogP contribution < -0.4 is 4.74 Å². The monoisotopic (exact) mass is 498 g/mol. The predicted octanol–water partition coefficient (Wildman–Crippen LogP) is 7.20. The molecule has 0 bridgehead atoms. The van der Waals surface area contributed by atoms with Crippen LogP contribution in [0.5, 0.6) is 5.75 Å². The minimum atomic E-state index is -1.17. The summed E-state index contributed by atoms with van der Waals surface area (Å²) in [5, 5.41) is 0. The Morgan fingerprint density at radius 1 is 0.889 bits per heavy atom. The maximum absolute atomic E-state index is 14.8. The quantitative estimate of drug-likeness (QED) is 0.243. The van der Waals surface area contributed by atoms with Crippen LogP contribution in [0.25, 0.3) is 11.1 Å². The van der Waals surface area contributed by atoms with Crippen LogP contribution in [0.15, 0.2) is 54.6 Å². The topological polar surface area (TPSA) is 44.8 Å². The number of methoxy groups -OCH3 is 1. The number of benzene rings is 3. The zero-order valence-electron chi connectivity index (χ0n) is 20.4. The van der Waals surface area contributed by atoms with E-state index in [4.69, 9.17) is 14.2 Å². The molecule has 4 nitrogen and oxygen atoms in total. The summed E-state index contributed by atoms with van der Waals surface area (Å²) in [6, 6.07) is 13.9. The van der Waals surface area contributed by atoms with Crippen LogP contribution in [0.4, 0.5) is 13.2 Å².